The largest absolute Gasteiger partial charge is 0.435 e. The van der Waals surface area contributed by atoms with Crippen molar-refractivity contribution in [2.45, 2.75) is 0 Å². The van der Waals surface area contributed by atoms with Gasteiger partial charge in [0.05, 0.1) is 15.7 Å². The Kier molecular flexibility index (Phi) is 4.37. The second-order valence-electron chi connectivity index (χ2n) is 3.75. The maximum Gasteiger partial charge on any atom is 0.267 e. The van der Waals surface area contributed by atoms with Crippen molar-refractivity contribution in [3.05, 3.63) is 44.5 Å². The zero-order chi connectivity index (χ0) is 14.9. The molecule has 104 valence electrons. The zero-order valence-corrected chi connectivity index (χ0v) is 13.0. The van der Waals surface area contributed by atoms with Gasteiger partial charge in [0.1, 0.15) is 11.4 Å². The van der Waals surface area contributed by atoms with Crippen LogP contribution >= 0.6 is 39.1 Å². The van der Waals surface area contributed by atoms with Gasteiger partial charge in [-0.25, -0.2) is 4.98 Å². The number of nitrogens with zero attached hydrogens (tertiary/aromatic N) is 1. The summed E-state index contributed by atoms with van der Waals surface area (Å²) in [5, 5.41) is 0.723. The summed E-state index contributed by atoms with van der Waals surface area (Å²) in [5.41, 5.74) is 11.2. The molecule has 0 atom stereocenters. The summed E-state index contributed by atoms with van der Waals surface area (Å²) in [7, 11) is 0. The number of ether oxygens (including phenoxy) is 1. The highest BCUT2D eigenvalue weighted by atomic mass is 79.9. The van der Waals surface area contributed by atoms with Gasteiger partial charge in [-0.3, -0.25) is 4.79 Å². The predicted octanol–water partition coefficient (Wildman–Crippen LogP) is 3.62. The van der Waals surface area contributed by atoms with Gasteiger partial charge < -0.3 is 16.2 Å². The van der Waals surface area contributed by atoms with E-state index in [9.17, 15) is 4.79 Å². The van der Waals surface area contributed by atoms with Gasteiger partial charge in [0.2, 0.25) is 5.88 Å². The van der Waals surface area contributed by atoms with Crippen LogP contribution in [0.3, 0.4) is 0 Å². The Morgan fingerprint density at radius 1 is 1.25 bits per heavy atom. The second kappa shape index (κ2) is 5.87. The molecule has 20 heavy (non-hydrogen) atoms. The summed E-state index contributed by atoms with van der Waals surface area (Å²) >= 11 is 15.2. The number of carbonyl (C=O) groups excluding carboxylic acids is 1. The van der Waals surface area contributed by atoms with Crippen LogP contribution in [0, 0.1) is 0 Å². The Morgan fingerprint density at radius 2 is 1.95 bits per heavy atom. The number of aromatic nitrogens is 1. The van der Waals surface area contributed by atoms with Gasteiger partial charge >= 0.3 is 0 Å². The summed E-state index contributed by atoms with van der Waals surface area (Å²) in [6, 6.07) is 5.96. The molecule has 0 fully saturated rings. The van der Waals surface area contributed by atoms with Crippen molar-refractivity contribution in [1.29, 1.82) is 0 Å². The normalized spacial score (nSPS) is 10.3. The minimum absolute atomic E-state index is 0.0292. The van der Waals surface area contributed by atoms with E-state index in [4.69, 9.17) is 39.4 Å². The fraction of sp³-hybridized carbons (Fsp3) is 0. The molecular weight excluding hydrogens is 369 g/mol. The number of hydrogen-bond acceptors (Lipinski definition) is 4. The number of nitrogen functional groups attached to an aromatic ring is 1. The van der Waals surface area contributed by atoms with Crippen molar-refractivity contribution >= 4 is 50.7 Å². The van der Waals surface area contributed by atoms with Crippen LogP contribution in [0.1, 0.15) is 10.5 Å². The summed E-state index contributed by atoms with van der Waals surface area (Å²) in [6.07, 6.45) is 0. The van der Waals surface area contributed by atoms with Crippen LogP contribution in [0.2, 0.25) is 10.0 Å². The minimum atomic E-state index is -0.685. The van der Waals surface area contributed by atoms with E-state index >= 15 is 0 Å². The van der Waals surface area contributed by atoms with Crippen molar-refractivity contribution < 1.29 is 9.53 Å². The number of hydrogen-bond donors (Lipinski definition) is 2. The van der Waals surface area contributed by atoms with E-state index in [2.05, 4.69) is 20.9 Å². The molecule has 0 saturated heterocycles. The van der Waals surface area contributed by atoms with Crippen molar-refractivity contribution in [3.8, 4) is 11.6 Å². The number of nitrogens with two attached hydrogens (primary N) is 2. The first kappa shape index (κ1) is 14.9. The molecule has 2 rings (SSSR count). The molecule has 0 unspecified atom stereocenters. The van der Waals surface area contributed by atoms with E-state index in [0.29, 0.717) is 14.5 Å². The van der Waals surface area contributed by atoms with Gasteiger partial charge in [-0.2, -0.15) is 0 Å². The zero-order valence-electron chi connectivity index (χ0n) is 9.86. The third kappa shape index (κ3) is 3.15. The molecule has 0 aliphatic heterocycles. The highest BCUT2D eigenvalue weighted by Gasteiger charge is 2.13. The van der Waals surface area contributed by atoms with Gasteiger partial charge in [0.15, 0.2) is 0 Å². The Hall–Kier alpha value is -1.50. The maximum absolute atomic E-state index is 11.1. The fourth-order valence-electron chi connectivity index (χ4n) is 1.36. The molecule has 0 radical (unpaired) electrons. The van der Waals surface area contributed by atoms with Crippen LogP contribution in [0.4, 0.5) is 5.69 Å². The van der Waals surface area contributed by atoms with E-state index in [1.165, 1.54) is 18.2 Å². The maximum atomic E-state index is 11.1. The predicted molar refractivity (Wildman–Crippen MR) is 81.4 cm³/mol. The average Bonchev–Trinajstić information content (AvgIpc) is 2.38. The number of rotatable bonds is 3. The molecule has 2 aromatic rings. The number of amides is 1. The van der Waals surface area contributed by atoms with E-state index < -0.39 is 5.91 Å². The average molecular weight is 377 g/mol. The third-order valence-corrected chi connectivity index (χ3v) is 3.82. The Balaban J connectivity index is 2.42. The molecule has 4 N–H and O–H groups in total. The topological polar surface area (TPSA) is 91.2 Å². The molecule has 0 bridgehead atoms. The van der Waals surface area contributed by atoms with Crippen LogP contribution in [-0.4, -0.2) is 10.9 Å². The first-order valence-corrected chi connectivity index (χ1v) is 6.82. The first-order chi connectivity index (χ1) is 9.38. The molecular formula is C12H8BrCl2N3O2. The van der Waals surface area contributed by atoms with Crippen molar-refractivity contribution in [1.82, 2.24) is 4.98 Å². The number of carbonyl (C=O) groups is 1. The lowest BCUT2D eigenvalue weighted by Crippen LogP contribution is -2.13. The van der Waals surface area contributed by atoms with E-state index in [1.807, 2.05) is 0 Å². The summed E-state index contributed by atoms with van der Waals surface area (Å²) in [6.45, 7) is 0. The van der Waals surface area contributed by atoms with Crippen LogP contribution < -0.4 is 16.2 Å². The Labute approximate surface area is 133 Å². The smallest absolute Gasteiger partial charge is 0.267 e. The van der Waals surface area contributed by atoms with Crippen LogP contribution in [0.25, 0.3) is 0 Å². The molecule has 1 heterocycles. The molecule has 1 aromatic carbocycles. The molecule has 0 saturated carbocycles. The highest BCUT2D eigenvalue weighted by molar-refractivity contribution is 9.10. The molecule has 0 aliphatic carbocycles. The van der Waals surface area contributed by atoms with E-state index in [0.717, 1.165) is 0 Å². The van der Waals surface area contributed by atoms with Crippen molar-refractivity contribution in [2.24, 2.45) is 5.73 Å². The van der Waals surface area contributed by atoms with Gasteiger partial charge in [-0.15, -0.1) is 0 Å². The second-order valence-corrected chi connectivity index (χ2v) is 5.42. The molecule has 0 spiro atoms. The lowest BCUT2D eigenvalue weighted by molar-refractivity contribution is 0.0995. The molecule has 8 heteroatoms. The first-order valence-electron chi connectivity index (χ1n) is 5.27. The highest BCUT2D eigenvalue weighted by Crippen LogP contribution is 2.37. The van der Waals surface area contributed by atoms with Gasteiger partial charge in [-0.1, -0.05) is 23.2 Å². The molecule has 1 aromatic heterocycles. The standard InChI is InChI=1S/C12H8BrCl2N3O2/c13-5-3-7(15)10(4-6(5)14)20-12-8(16)1-2-9(18-12)11(17)19/h1-4H,16H2,(H2,17,19). The number of anilines is 1. The lowest BCUT2D eigenvalue weighted by Gasteiger charge is -2.10. The van der Waals surface area contributed by atoms with Crippen molar-refractivity contribution in [2.75, 3.05) is 5.73 Å². The lowest BCUT2D eigenvalue weighted by atomic mass is 10.3. The monoisotopic (exact) mass is 375 g/mol. The summed E-state index contributed by atoms with van der Waals surface area (Å²) < 4.78 is 6.11. The van der Waals surface area contributed by atoms with Gasteiger partial charge in [0, 0.05) is 10.5 Å². The quantitative estimate of drug-likeness (QED) is 0.800. The van der Waals surface area contributed by atoms with Crippen LogP contribution in [-0.2, 0) is 0 Å². The summed E-state index contributed by atoms with van der Waals surface area (Å²) in [5.74, 6) is -0.392. The molecule has 5 nitrogen and oxygen atoms in total. The Bertz CT molecular complexity index is 695. The number of primary amides is 1. The van der Waals surface area contributed by atoms with E-state index in [1.54, 1.807) is 6.07 Å². The molecule has 0 aliphatic rings. The fourth-order valence-corrected chi connectivity index (χ4v) is 2.19. The third-order valence-electron chi connectivity index (χ3n) is 2.32. The number of pyridine rings is 1. The van der Waals surface area contributed by atoms with Crippen LogP contribution in [0.5, 0.6) is 11.6 Å². The minimum Gasteiger partial charge on any atom is -0.435 e. The number of halogens is 3. The van der Waals surface area contributed by atoms with Gasteiger partial charge in [-0.05, 0) is 34.1 Å². The molecule has 1 amide bonds. The van der Waals surface area contributed by atoms with E-state index in [-0.39, 0.29) is 23.0 Å². The van der Waals surface area contributed by atoms with Gasteiger partial charge in [0.25, 0.3) is 5.91 Å². The van der Waals surface area contributed by atoms with Crippen LogP contribution in [0.15, 0.2) is 28.7 Å². The number of benzene rings is 1. The SMILES string of the molecule is NC(=O)c1ccc(N)c(Oc2cc(Cl)c(Br)cc2Cl)n1. The Morgan fingerprint density at radius 3 is 2.60 bits per heavy atom. The summed E-state index contributed by atoms with van der Waals surface area (Å²) in [4.78, 5) is 15.0. The van der Waals surface area contributed by atoms with Crippen molar-refractivity contribution in [3.63, 3.8) is 0 Å².